The molecular formula is C16H13F2N3O. The van der Waals surface area contributed by atoms with E-state index in [0.29, 0.717) is 16.7 Å². The maximum atomic E-state index is 13.0. The number of aromatic nitrogens is 2. The maximum Gasteiger partial charge on any atom is 0.297 e. The highest BCUT2D eigenvalue weighted by Crippen LogP contribution is 2.31. The van der Waals surface area contributed by atoms with Crippen LogP contribution in [0.15, 0.2) is 48.5 Å². The van der Waals surface area contributed by atoms with Gasteiger partial charge in [0.1, 0.15) is 11.6 Å². The van der Waals surface area contributed by atoms with Crippen LogP contribution in [0.25, 0.3) is 10.9 Å². The van der Waals surface area contributed by atoms with Gasteiger partial charge in [-0.15, -0.1) is 0 Å². The Morgan fingerprint density at radius 3 is 2.36 bits per heavy atom. The van der Waals surface area contributed by atoms with Crippen LogP contribution in [0.1, 0.15) is 12.2 Å². The van der Waals surface area contributed by atoms with Gasteiger partial charge < -0.3 is 10.0 Å². The largest absolute Gasteiger partial charge is 0.508 e. The molecule has 4 nitrogen and oxygen atoms in total. The number of benzene rings is 2. The number of hydrogen-bond donors (Lipinski definition) is 1. The normalized spacial score (nSPS) is 11.1. The molecule has 0 aliphatic rings. The highest BCUT2D eigenvalue weighted by atomic mass is 19.3. The lowest BCUT2D eigenvalue weighted by Crippen LogP contribution is -2.13. The number of para-hydroxylation sites is 1. The number of fused-ring (bicyclic) bond motifs is 1. The Bertz CT molecular complexity index is 806. The number of anilines is 2. The molecule has 1 N–H and O–H groups in total. The molecule has 0 fully saturated rings. The van der Waals surface area contributed by atoms with Crippen molar-refractivity contribution < 1.29 is 13.9 Å². The smallest absolute Gasteiger partial charge is 0.297 e. The van der Waals surface area contributed by atoms with Gasteiger partial charge in [0.2, 0.25) is 0 Å². The van der Waals surface area contributed by atoms with Crippen molar-refractivity contribution in [3.05, 3.63) is 54.4 Å². The molecule has 0 amide bonds. The molecule has 0 spiro atoms. The average Bonchev–Trinajstić information content (AvgIpc) is 2.53. The zero-order chi connectivity index (χ0) is 15.7. The molecule has 0 aliphatic heterocycles. The van der Waals surface area contributed by atoms with E-state index in [0.717, 1.165) is 5.69 Å². The summed E-state index contributed by atoms with van der Waals surface area (Å²) in [6, 6.07) is 13.5. The maximum absolute atomic E-state index is 13.0. The Labute approximate surface area is 125 Å². The standard InChI is InChI=1S/C16H13F2N3O/c1-21(10-6-8-11(22)9-7-10)16-12-4-2-3-5-13(12)19-15(20-16)14(17)18/h2-9,14,22H,1H3. The molecule has 3 rings (SSSR count). The molecule has 2 aromatic carbocycles. The Balaban J connectivity index is 2.17. The zero-order valence-corrected chi connectivity index (χ0v) is 11.7. The molecule has 3 aromatic rings. The van der Waals surface area contributed by atoms with Gasteiger partial charge in [0.25, 0.3) is 6.43 Å². The number of aromatic hydroxyl groups is 1. The second-order valence-corrected chi connectivity index (χ2v) is 4.80. The minimum absolute atomic E-state index is 0.137. The third-order valence-corrected chi connectivity index (χ3v) is 3.35. The van der Waals surface area contributed by atoms with E-state index in [1.54, 1.807) is 42.3 Å². The van der Waals surface area contributed by atoms with Crippen molar-refractivity contribution in [3.8, 4) is 5.75 Å². The first-order valence-electron chi connectivity index (χ1n) is 6.64. The first-order chi connectivity index (χ1) is 10.6. The van der Waals surface area contributed by atoms with Gasteiger partial charge in [-0.2, -0.15) is 0 Å². The second-order valence-electron chi connectivity index (χ2n) is 4.80. The Kier molecular flexibility index (Phi) is 3.58. The van der Waals surface area contributed by atoms with Crippen molar-refractivity contribution in [1.82, 2.24) is 9.97 Å². The van der Waals surface area contributed by atoms with Gasteiger partial charge in [-0.05, 0) is 36.4 Å². The lowest BCUT2D eigenvalue weighted by molar-refractivity contribution is 0.141. The summed E-state index contributed by atoms with van der Waals surface area (Å²) in [6.07, 6.45) is -2.74. The molecule has 22 heavy (non-hydrogen) atoms. The van der Waals surface area contributed by atoms with Crippen LogP contribution in [0.2, 0.25) is 0 Å². The Hall–Kier alpha value is -2.76. The van der Waals surface area contributed by atoms with Gasteiger partial charge in [-0.25, -0.2) is 18.7 Å². The highest BCUT2D eigenvalue weighted by molar-refractivity contribution is 5.91. The molecule has 1 heterocycles. The predicted molar refractivity (Wildman–Crippen MR) is 80.7 cm³/mol. The predicted octanol–water partition coefficient (Wildman–Crippen LogP) is 4.04. The second kappa shape index (κ2) is 5.55. The highest BCUT2D eigenvalue weighted by Gasteiger charge is 2.17. The number of hydrogen-bond acceptors (Lipinski definition) is 4. The van der Waals surface area contributed by atoms with E-state index < -0.39 is 12.2 Å². The monoisotopic (exact) mass is 301 g/mol. The van der Waals surface area contributed by atoms with Crippen LogP contribution in [-0.2, 0) is 0 Å². The number of rotatable bonds is 3. The number of phenolic OH excluding ortho intramolecular Hbond substituents is 1. The minimum atomic E-state index is -2.74. The number of phenols is 1. The van der Waals surface area contributed by atoms with Crippen LogP contribution in [0.4, 0.5) is 20.3 Å². The van der Waals surface area contributed by atoms with Crippen LogP contribution in [-0.4, -0.2) is 22.1 Å². The molecule has 112 valence electrons. The van der Waals surface area contributed by atoms with Gasteiger partial charge in [0.05, 0.1) is 5.52 Å². The Morgan fingerprint density at radius 2 is 1.68 bits per heavy atom. The summed E-state index contributed by atoms with van der Waals surface area (Å²) in [5, 5.41) is 10.0. The SMILES string of the molecule is CN(c1ccc(O)cc1)c1nc(C(F)F)nc2ccccc12. The summed E-state index contributed by atoms with van der Waals surface area (Å²) >= 11 is 0. The van der Waals surface area contributed by atoms with E-state index >= 15 is 0 Å². The first kappa shape index (κ1) is 14.2. The summed E-state index contributed by atoms with van der Waals surface area (Å²) in [7, 11) is 1.73. The van der Waals surface area contributed by atoms with E-state index in [2.05, 4.69) is 9.97 Å². The van der Waals surface area contributed by atoms with Gasteiger partial charge >= 0.3 is 0 Å². The third-order valence-electron chi connectivity index (χ3n) is 3.35. The van der Waals surface area contributed by atoms with Gasteiger partial charge in [0, 0.05) is 18.1 Å². The van der Waals surface area contributed by atoms with Crippen molar-refractivity contribution in [2.75, 3.05) is 11.9 Å². The van der Waals surface area contributed by atoms with E-state index in [9.17, 15) is 13.9 Å². The summed E-state index contributed by atoms with van der Waals surface area (Å²) in [5.74, 6) is 0.0314. The van der Waals surface area contributed by atoms with E-state index in [1.165, 1.54) is 12.1 Å². The van der Waals surface area contributed by atoms with Crippen molar-refractivity contribution in [3.63, 3.8) is 0 Å². The van der Waals surface area contributed by atoms with E-state index in [4.69, 9.17) is 0 Å². The summed E-state index contributed by atoms with van der Waals surface area (Å²) in [5.41, 5.74) is 1.19. The van der Waals surface area contributed by atoms with Gasteiger partial charge in [0.15, 0.2) is 5.82 Å². The van der Waals surface area contributed by atoms with Gasteiger partial charge in [-0.3, -0.25) is 0 Å². The van der Waals surface area contributed by atoms with Crippen LogP contribution >= 0.6 is 0 Å². The topological polar surface area (TPSA) is 49.2 Å². The molecule has 0 saturated carbocycles. The molecule has 0 radical (unpaired) electrons. The fourth-order valence-electron chi connectivity index (χ4n) is 2.23. The average molecular weight is 301 g/mol. The molecule has 0 aliphatic carbocycles. The summed E-state index contributed by atoms with van der Waals surface area (Å²) < 4.78 is 26.0. The first-order valence-corrected chi connectivity index (χ1v) is 6.64. The number of alkyl halides is 2. The number of nitrogens with zero attached hydrogens (tertiary/aromatic N) is 3. The Morgan fingerprint density at radius 1 is 1.00 bits per heavy atom. The van der Waals surface area contributed by atoms with Crippen LogP contribution in [0, 0.1) is 0 Å². The van der Waals surface area contributed by atoms with Crippen LogP contribution < -0.4 is 4.90 Å². The fourth-order valence-corrected chi connectivity index (χ4v) is 2.23. The quantitative estimate of drug-likeness (QED) is 0.793. The van der Waals surface area contributed by atoms with Crippen molar-refractivity contribution >= 4 is 22.4 Å². The molecule has 0 saturated heterocycles. The number of halogens is 2. The molecule has 6 heteroatoms. The molecule has 0 bridgehead atoms. The van der Waals surface area contributed by atoms with E-state index in [1.807, 2.05) is 6.07 Å². The third kappa shape index (κ3) is 2.55. The molecule has 0 unspecified atom stereocenters. The molecule has 0 atom stereocenters. The fraction of sp³-hybridized carbons (Fsp3) is 0.125. The lowest BCUT2D eigenvalue weighted by Gasteiger charge is -2.20. The van der Waals surface area contributed by atoms with Crippen molar-refractivity contribution in [2.45, 2.75) is 6.43 Å². The van der Waals surface area contributed by atoms with Gasteiger partial charge in [-0.1, -0.05) is 12.1 Å². The van der Waals surface area contributed by atoms with Crippen molar-refractivity contribution in [1.29, 1.82) is 0 Å². The summed E-state index contributed by atoms with van der Waals surface area (Å²) in [6.45, 7) is 0. The van der Waals surface area contributed by atoms with Crippen molar-refractivity contribution in [2.24, 2.45) is 0 Å². The summed E-state index contributed by atoms with van der Waals surface area (Å²) in [4.78, 5) is 9.59. The zero-order valence-electron chi connectivity index (χ0n) is 11.7. The van der Waals surface area contributed by atoms with Crippen LogP contribution in [0.3, 0.4) is 0 Å². The van der Waals surface area contributed by atoms with Crippen LogP contribution in [0.5, 0.6) is 5.75 Å². The van der Waals surface area contributed by atoms with E-state index in [-0.39, 0.29) is 5.75 Å². The molecule has 1 aromatic heterocycles. The minimum Gasteiger partial charge on any atom is -0.508 e. The lowest BCUT2D eigenvalue weighted by atomic mass is 10.2. The molecular weight excluding hydrogens is 288 g/mol.